The van der Waals surface area contributed by atoms with Crippen molar-refractivity contribution in [2.75, 3.05) is 4.90 Å². The number of hydrogen-bond acceptors (Lipinski definition) is 3. The highest BCUT2D eigenvalue weighted by Crippen LogP contribution is 2.44. The summed E-state index contributed by atoms with van der Waals surface area (Å²) in [6.07, 6.45) is 1.89. The fourth-order valence-electron chi connectivity index (χ4n) is 7.58. The van der Waals surface area contributed by atoms with Crippen molar-refractivity contribution in [3.63, 3.8) is 0 Å². The summed E-state index contributed by atoms with van der Waals surface area (Å²) in [7, 11) is 0. The minimum absolute atomic E-state index is 0.754. The minimum atomic E-state index is 0.754. The molecular weight excluding hydrogens is 633 g/mol. The van der Waals surface area contributed by atoms with Crippen LogP contribution in [0.4, 0.5) is 17.1 Å². The summed E-state index contributed by atoms with van der Waals surface area (Å²) in [4.78, 5) is 7.14. The van der Waals surface area contributed by atoms with Gasteiger partial charge in [0.05, 0.1) is 5.69 Å². The van der Waals surface area contributed by atoms with Crippen LogP contribution in [0.3, 0.4) is 0 Å². The normalized spacial score (nSPS) is 11.5. The molecule has 3 heteroatoms. The minimum Gasteiger partial charge on any atom is -0.452 e. The van der Waals surface area contributed by atoms with Gasteiger partial charge in [-0.2, -0.15) is 0 Å². The van der Waals surface area contributed by atoms with Crippen molar-refractivity contribution >= 4 is 60.7 Å². The summed E-state index contributed by atoms with van der Waals surface area (Å²) in [6, 6.07) is 66.8. The van der Waals surface area contributed by atoms with E-state index in [4.69, 9.17) is 9.40 Å². The first-order chi connectivity index (χ1) is 25.8. The third-order valence-electron chi connectivity index (χ3n) is 10.1. The Morgan fingerprint density at radius 3 is 1.71 bits per heavy atom. The predicted molar refractivity (Wildman–Crippen MR) is 218 cm³/mol. The van der Waals surface area contributed by atoms with E-state index in [1.54, 1.807) is 0 Å². The maximum absolute atomic E-state index is 6.71. The van der Waals surface area contributed by atoms with Crippen LogP contribution in [0.5, 0.6) is 0 Å². The smallest absolute Gasteiger partial charge is 0.177 e. The lowest BCUT2D eigenvalue weighted by molar-refractivity contribution is 0.669. The van der Waals surface area contributed by atoms with E-state index in [2.05, 4.69) is 193 Å². The molecule has 0 radical (unpaired) electrons. The van der Waals surface area contributed by atoms with Crippen LogP contribution in [-0.2, 0) is 0 Å². The summed E-state index contributed by atoms with van der Waals surface area (Å²) < 4.78 is 6.71. The molecule has 3 nitrogen and oxygen atoms in total. The first-order valence-corrected chi connectivity index (χ1v) is 17.6. The lowest BCUT2D eigenvalue weighted by Gasteiger charge is -2.26. The van der Waals surface area contributed by atoms with E-state index in [0.717, 1.165) is 55.5 Å². The summed E-state index contributed by atoms with van der Waals surface area (Å²) >= 11 is 0. The van der Waals surface area contributed by atoms with Crippen LogP contribution in [0, 0.1) is 0 Å². The number of aromatic nitrogens is 1. The summed E-state index contributed by atoms with van der Waals surface area (Å²) in [6.45, 7) is 0. The molecule has 0 bridgehead atoms. The fourth-order valence-corrected chi connectivity index (χ4v) is 7.58. The maximum atomic E-state index is 6.71. The van der Waals surface area contributed by atoms with Crippen LogP contribution in [0.2, 0.25) is 0 Å². The van der Waals surface area contributed by atoms with E-state index < -0.39 is 0 Å². The van der Waals surface area contributed by atoms with Crippen LogP contribution < -0.4 is 4.90 Å². The van der Waals surface area contributed by atoms with Crippen LogP contribution in [0.15, 0.2) is 199 Å². The molecule has 0 saturated heterocycles. The highest BCUT2D eigenvalue weighted by molar-refractivity contribution is 6.12. The molecule has 52 heavy (non-hydrogen) atoms. The highest BCUT2D eigenvalue weighted by Gasteiger charge is 2.21. The van der Waals surface area contributed by atoms with Crippen LogP contribution >= 0.6 is 0 Å². The number of hydrogen-bond donors (Lipinski definition) is 0. The molecule has 0 aliphatic heterocycles. The largest absolute Gasteiger partial charge is 0.452 e. The Kier molecular flexibility index (Phi) is 7.14. The standard InChI is InChI=1S/C49H32N2O/c1-3-11-33(12-4-1)34-19-24-40(25-20-34)51(45-29-30-50-48-44-31-38-16-7-8-17-39(38)32-46(44)52-49(45)48)41-26-21-37(22-27-41)47-42-18-10-9-15-36(42)23-28-43(47)35-13-5-2-6-14-35/h1-32H. The Morgan fingerprint density at radius 1 is 0.423 bits per heavy atom. The first kappa shape index (κ1) is 29.9. The molecule has 10 rings (SSSR count). The maximum Gasteiger partial charge on any atom is 0.177 e. The van der Waals surface area contributed by atoms with Crippen molar-refractivity contribution in [3.8, 4) is 33.4 Å². The van der Waals surface area contributed by atoms with Crippen molar-refractivity contribution in [1.29, 1.82) is 0 Å². The van der Waals surface area contributed by atoms with Crippen LogP contribution in [-0.4, -0.2) is 4.98 Å². The van der Waals surface area contributed by atoms with E-state index in [1.807, 2.05) is 6.20 Å². The quantitative estimate of drug-likeness (QED) is 0.177. The number of fused-ring (bicyclic) bond motifs is 5. The van der Waals surface area contributed by atoms with E-state index in [1.165, 1.54) is 38.6 Å². The van der Waals surface area contributed by atoms with Gasteiger partial charge in [-0.15, -0.1) is 0 Å². The molecule has 0 saturated carbocycles. The lowest BCUT2D eigenvalue weighted by Crippen LogP contribution is -2.10. The molecular formula is C49H32N2O. The van der Waals surface area contributed by atoms with Gasteiger partial charge in [-0.05, 0) is 97.4 Å². The molecule has 244 valence electrons. The zero-order chi connectivity index (χ0) is 34.4. The molecule has 0 aliphatic carbocycles. The van der Waals surface area contributed by atoms with Crippen molar-refractivity contribution in [1.82, 2.24) is 4.98 Å². The zero-order valence-electron chi connectivity index (χ0n) is 28.3. The molecule has 0 N–H and O–H groups in total. The molecule has 0 fully saturated rings. The highest BCUT2D eigenvalue weighted by atomic mass is 16.3. The second-order valence-corrected chi connectivity index (χ2v) is 13.2. The second kappa shape index (κ2) is 12.4. The Balaban J connectivity index is 1.15. The van der Waals surface area contributed by atoms with Crippen molar-refractivity contribution in [2.24, 2.45) is 0 Å². The molecule has 8 aromatic carbocycles. The first-order valence-electron chi connectivity index (χ1n) is 17.6. The number of rotatable bonds is 6. The Bertz CT molecular complexity index is 2880. The van der Waals surface area contributed by atoms with Gasteiger partial charge in [-0.25, -0.2) is 0 Å². The zero-order valence-corrected chi connectivity index (χ0v) is 28.3. The van der Waals surface area contributed by atoms with Crippen molar-refractivity contribution < 1.29 is 4.42 Å². The van der Waals surface area contributed by atoms with Crippen LogP contribution in [0.1, 0.15) is 0 Å². The molecule has 0 spiro atoms. The summed E-state index contributed by atoms with van der Waals surface area (Å²) in [5.41, 5.74) is 12.6. The Hall–Kier alpha value is -6.97. The average Bonchev–Trinajstić information content (AvgIpc) is 3.59. The third-order valence-corrected chi connectivity index (χ3v) is 10.1. The van der Waals surface area contributed by atoms with E-state index in [0.29, 0.717) is 0 Å². The number of furan rings is 1. The molecule has 0 unspecified atom stereocenters. The molecule has 0 aliphatic rings. The SMILES string of the molecule is c1ccc(-c2ccc(N(c3ccc(-c4c(-c5ccccc5)ccc5ccccc45)cc3)c3ccnc4c3oc3cc5ccccc5cc34)cc2)cc1. The van der Waals surface area contributed by atoms with E-state index in [9.17, 15) is 0 Å². The lowest BCUT2D eigenvalue weighted by atomic mass is 9.89. The van der Waals surface area contributed by atoms with Crippen LogP contribution in [0.25, 0.3) is 77.0 Å². The molecule has 10 aromatic rings. The van der Waals surface area contributed by atoms with Gasteiger partial charge in [0.15, 0.2) is 5.58 Å². The van der Waals surface area contributed by atoms with Gasteiger partial charge in [-0.3, -0.25) is 4.98 Å². The fraction of sp³-hybridized carbons (Fsp3) is 0. The predicted octanol–water partition coefficient (Wildman–Crippen LogP) is 13.8. The Labute approximate surface area is 301 Å². The van der Waals surface area contributed by atoms with Crippen molar-refractivity contribution in [3.05, 3.63) is 194 Å². The molecule has 0 atom stereocenters. The van der Waals surface area contributed by atoms with E-state index in [-0.39, 0.29) is 0 Å². The van der Waals surface area contributed by atoms with E-state index >= 15 is 0 Å². The van der Waals surface area contributed by atoms with Gasteiger partial charge in [0, 0.05) is 23.0 Å². The van der Waals surface area contributed by atoms with Gasteiger partial charge in [-0.1, -0.05) is 146 Å². The second-order valence-electron chi connectivity index (χ2n) is 13.2. The summed E-state index contributed by atoms with van der Waals surface area (Å²) in [5, 5.41) is 5.77. The monoisotopic (exact) mass is 664 g/mol. The van der Waals surface area contributed by atoms with Crippen molar-refractivity contribution in [2.45, 2.75) is 0 Å². The number of nitrogens with zero attached hydrogens (tertiary/aromatic N) is 2. The Morgan fingerprint density at radius 2 is 1.00 bits per heavy atom. The third kappa shape index (κ3) is 5.10. The topological polar surface area (TPSA) is 29.3 Å². The number of anilines is 3. The molecule has 2 heterocycles. The average molecular weight is 665 g/mol. The molecule has 2 aromatic heterocycles. The van der Waals surface area contributed by atoms with Gasteiger partial charge in [0.25, 0.3) is 0 Å². The number of benzene rings is 8. The number of pyridine rings is 1. The van der Waals surface area contributed by atoms with Gasteiger partial charge < -0.3 is 9.32 Å². The van der Waals surface area contributed by atoms with Gasteiger partial charge in [0.1, 0.15) is 11.1 Å². The van der Waals surface area contributed by atoms with Gasteiger partial charge >= 0.3 is 0 Å². The summed E-state index contributed by atoms with van der Waals surface area (Å²) in [5.74, 6) is 0. The molecule has 0 amide bonds. The van der Waals surface area contributed by atoms with Gasteiger partial charge in [0.2, 0.25) is 0 Å².